The maximum atomic E-state index is 2.90. The first kappa shape index (κ1) is 43.6. The Morgan fingerprint density at radius 2 is 0.875 bits per heavy atom. The Bertz CT molecular complexity index is 2060. The fraction of sp³-hybridized carbons (Fsp3) is 0.462. The number of benzene rings is 4. The van der Waals surface area contributed by atoms with E-state index in [-0.39, 0.29) is 24.8 Å². The molecule has 2 atom stereocenters. The van der Waals surface area contributed by atoms with Crippen LogP contribution in [0.2, 0.25) is 9.26 Å². The molecule has 2 saturated carbocycles. The van der Waals surface area contributed by atoms with Crippen LogP contribution in [-0.4, -0.2) is 6.88 Å². The Morgan fingerprint density at radius 1 is 0.536 bits per heavy atom. The van der Waals surface area contributed by atoms with Gasteiger partial charge in [0.1, 0.15) is 0 Å². The number of aryl methyl sites for hydroxylation is 4. The molecule has 0 bridgehead atoms. The average Bonchev–Trinajstić information content (AvgIpc) is 3.66. The molecule has 2 fully saturated rings. The molecule has 8 rings (SSSR count). The monoisotopic (exact) mass is 880 g/mol. The van der Waals surface area contributed by atoms with Gasteiger partial charge in [0.05, 0.1) is 0 Å². The van der Waals surface area contributed by atoms with Crippen molar-refractivity contribution in [2.24, 2.45) is 10.8 Å². The normalized spacial score (nSPS) is 21.2. The fourth-order valence-corrected chi connectivity index (χ4v) is 32.2. The molecule has 4 aliphatic carbocycles. The summed E-state index contributed by atoms with van der Waals surface area (Å²) in [4.78, 5) is 0. The van der Waals surface area contributed by atoms with Crippen LogP contribution in [0.3, 0.4) is 0 Å². The van der Waals surface area contributed by atoms with Crippen molar-refractivity contribution in [2.75, 3.05) is 0 Å². The van der Waals surface area contributed by atoms with Gasteiger partial charge in [0.25, 0.3) is 0 Å². The number of allylic oxidation sites excluding steroid dienone is 2. The second-order valence-corrected chi connectivity index (χ2v) is 51.2. The third-order valence-corrected chi connectivity index (χ3v) is 32.2. The van der Waals surface area contributed by atoms with Crippen molar-refractivity contribution in [3.05, 3.63) is 128 Å². The van der Waals surface area contributed by atoms with Crippen molar-refractivity contribution in [3.8, 4) is 22.3 Å². The molecule has 0 heterocycles. The zero-order chi connectivity index (χ0) is 38.1. The van der Waals surface area contributed by atoms with Crippen LogP contribution >= 0.6 is 24.8 Å². The quantitative estimate of drug-likeness (QED) is 0.155. The van der Waals surface area contributed by atoms with Crippen molar-refractivity contribution < 1.29 is 17.4 Å². The summed E-state index contributed by atoms with van der Waals surface area (Å²) >= 11 is -3.91. The van der Waals surface area contributed by atoms with E-state index < -0.39 is 17.4 Å². The first-order valence-electron chi connectivity index (χ1n) is 21.5. The SMILES string of the molecule is Cc1cc(C)cc(-c2cccc3c2C=C(CC2(C)CCCCC2)[CH]3[Zr]([CH3])([CH3])(=[SiH2])[CH]2C(CC3(C)CCCCC3)=Cc3c(-c4cc(C)cc(C)c4)cccc32)c1.Cl.Cl. The summed E-state index contributed by atoms with van der Waals surface area (Å²) in [5.41, 5.74) is 21.8. The van der Waals surface area contributed by atoms with Crippen LogP contribution < -0.4 is 0 Å². The summed E-state index contributed by atoms with van der Waals surface area (Å²) in [6.45, 7) is 16.9. The summed E-state index contributed by atoms with van der Waals surface area (Å²) in [6.07, 6.45) is 21.9. The molecule has 0 aliphatic heterocycles. The number of halogens is 2. The van der Waals surface area contributed by atoms with Gasteiger partial charge in [-0.05, 0) is 0 Å². The minimum atomic E-state index is -3.91. The van der Waals surface area contributed by atoms with E-state index in [9.17, 15) is 0 Å². The topological polar surface area (TPSA) is 0 Å². The molecule has 0 radical (unpaired) electrons. The van der Waals surface area contributed by atoms with Crippen LogP contribution in [0.5, 0.6) is 0 Å². The Hall–Kier alpha value is -1.96. The van der Waals surface area contributed by atoms with Crippen molar-refractivity contribution in [1.82, 2.24) is 0 Å². The van der Waals surface area contributed by atoms with Crippen molar-refractivity contribution in [1.29, 1.82) is 0 Å². The van der Waals surface area contributed by atoms with Crippen LogP contribution in [0.4, 0.5) is 0 Å². The molecule has 4 aliphatic rings. The smallest absolute Gasteiger partial charge is 0.147 e. The van der Waals surface area contributed by atoms with Crippen molar-refractivity contribution in [2.45, 2.75) is 135 Å². The minimum absolute atomic E-state index is 0. The first-order chi connectivity index (χ1) is 25.6. The van der Waals surface area contributed by atoms with Gasteiger partial charge in [-0.15, -0.1) is 24.8 Å². The van der Waals surface area contributed by atoms with E-state index in [1.807, 2.05) is 0 Å². The molecule has 0 spiro atoms. The largest absolute Gasteiger partial charge is 0.147 e. The predicted molar refractivity (Wildman–Crippen MR) is 251 cm³/mol. The number of hydrogen-bond acceptors (Lipinski definition) is 0. The third kappa shape index (κ3) is 8.27. The minimum Gasteiger partial charge on any atom is -0.147 e. The van der Waals surface area contributed by atoms with E-state index in [2.05, 4.69) is 143 Å². The molecule has 0 amide bonds. The van der Waals surface area contributed by atoms with Gasteiger partial charge >= 0.3 is 333 Å². The second-order valence-electron chi connectivity index (χ2n) is 20.7. The van der Waals surface area contributed by atoms with Crippen LogP contribution in [0.1, 0.15) is 143 Å². The van der Waals surface area contributed by atoms with Crippen LogP contribution in [0, 0.1) is 38.5 Å². The van der Waals surface area contributed by atoms with Crippen LogP contribution in [0.15, 0.2) is 83.9 Å². The molecule has 0 saturated heterocycles. The number of fused-ring (bicyclic) bond motifs is 2. The van der Waals surface area contributed by atoms with E-state index in [1.54, 1.807) is 22.3 Å². The second kappa shape index (κ2) is 16.2. The first-order valence-corrected chi connectivity index (χ1v) is 35.2. The number of hydrogen-bond donors (Lipinski definition) is 0. The van der Waals surface area contributed by atoms with Gasteiger partial charge in [-0.2, -0.15) is 0 Å². The number of rotatable bonds is 8. The zero-order valence-corrected chi connectivity index (χ0v) is 41.3. The van der Waals surface area contributed by atoms with Crippen LogP contribution in [0.25, 0.3) is 34.4 Å². The molecule has 56 heavy (non-hydrogen) atoms. The van der Waals surface area contributed by atoms with Crippen LogP contribution in [-0.2, 0) is 17.4 Å². The van der Waals surface area contributed by atoms with E-state index in [4.69, 9.17) is 0 Å². The van der Waals surface area contributed by atoms with Gasteiger partial charge in [0.2, 0.25) is 0 Å². The molecule has 0 aromatic heterocycles. The Balaban J connectivity index is 0.00000266. The van der Waals surface area contributed by atoms with E-state index in [0.29, 0.717) is 18.1 Å². The van der Waals surface area contributed by atoms with Gasteiger partial charge in [0, 0.05) is 0 Å². The Kier molecular flexibility index (Phi) is 12.7. The van der Waals surface area contributed by atoms with E-state index in [1.165, 1.54) is 133 Å². The maximum Gasteiger partial charge on any atom is -0.147 e. The predicted octanol–water partition coefficient (Wildman–Crippen LogP) is 15.7. The summed E-state index contributed by atoms with van der Waals surface area (Å²) < 4.78 is 6.88. The van der Waals surface area contributed by atoms with Gasteiger partial charge in [-0.1, -0.05) is 0 Å². The summed E-state index contributed by atoms with van der Waals surface area (Å²) in [5.74, 6) is 0. The summed E-state index contributed by atoms with van der Waals surface area (Å²) in [5, 5.41) is 0. The van der Waals surface area contributed by atoms with Crippen molar-refractivity contribution in [3.63, 3.8) is 0 Å². The Morgan fingerprint density at radius 3 is 1.21 bits per heavy atom. The molecule has 4 heteroatoms. The molecule has 0 N–H and O–H groups in total. The molecule has 4 aromatic rings. The summed E-state index contributed by atoms with van der Waals surface area (Å²) in [6, 6.07) is 29.2. The molecule has 2 unspecified atom stereocenters. The zero-order valence-electron chi connectivity index (χ0n) is 35.7. The molecule has 4 aromatic carbocycles. The van der Waals surface area contributed by atoms with E-state index >= 15 is 0 Å². The van der Waals surface area contributed by atoms with E-state index in [0.717, 1.165) is 0 Å². The average molecular weight is 883 g/mol. The van der Waals surface area contributed by atoms with Gasteiger partial charge in [-0.25, -0.2) is 0 Å². The van der Waals surface area contributed by atoms with Gasteiger partial charge < -0.3 is 0 Å². The molecular weight excluding hydrogens is 815 g/mol. The van der Waals surface area contributed by atoms with Gasteiger partial charge in [-0.3, -0.25) is 0 Å². The van der Waals surface area contributed by atoms with Crippen molar-refractivity contribution >= 4 is 43.8 Å². The summed E-state index contributed by atoms with van der Waals surface area (Å²) in [7, 11) is 0. The molecule has 0 nitrogen and oxygen atoms in total. The molecule has 298 valence electrons. The molecular formula is C52H68Cl2SiZr. The Labute approximate surface area is 355 Å². The fourth-order valence-electron chi connectivity index (χ4n) is 12.6. The maximum absolute atomic E-state index is 3.91. The third-order valence-electron chi connectivity index (χ3n) is 14.6. The standard InChI is InChI=1S/2C25H29.2CH3.2ClH.H2Si.Zr/c2*1-18-12-19(2)14-22(13-18)23-9-7-8-21-15-20(16-24(21)23)17-25(3)10-5-4-6-11-25;;;;;;/h2*7-9,12-16H,4-6,10-11,17H2,1-3H3;2*1H3;2*1H;1H2;. The van der Waals surface area contributed by atoms with Gasteiger partial charge in [0.15, 0.2) is 0 Å².